The van der Waals surface area contributed by atoms with Gasteiger partial charge in [0.05, 0.1) is 0 Å². The molecule has 3 unspecified atom stereocenters. The van der Waals surface area contributed by atoms with Crippen molar-refractivity contribution in [1.29, 1.82) is 0 Å². The first-order chi connectivity index (χ1) is 7.26. The Morgan fingerprint density at radius 1 is 1.13 bits per heavy atom. The first kappa shape index (κ1) is 13.0. The van der Waals surface area contributed by atoms with Gasteiger partial charge in [0, 0.05) is 6.04 Å². The van der Waals surface area contributed by atoms with Gasteiger partial charge in [-0.1, -0.05) is 33.6 Å². The minimum absolute atomic E-state index is 0.743. The van der Waals surface area contributed by atoms with Crippen molar-refractivity contribution in [3.05, 3.63) is 0 Å². The van der Waals surface area contributed by atoms with E-state index in [1.165, 1.54) is 38.8 Å². The number of nitrogens with zero attached hydrogens (tertiary/aromatic N) is 1. The van der Waals surface area contributed by atoms with E-state index in [9.17, 15) is 0 Å². The third-order valence-electron chi connectivity index (χ3n) is 4.23. The van der Waals surface area contributed by atoms with Crippen molar-refractivity contribution in [2.24, 2.45) is 17.6 Å². The Morgan fingerprint density at radius 2 is 1.80 bits per heavy atom. The lowest BCUT2D eigenvalue weighted by Gasteiger charge is -2.41. The van der Waals surface area contributed by atoms with Crippen LogP contribution in [0.2, 0.25) is 0 Å². The van der Waals surface area contributed by atoms with Crippen LogP contribution in [0.5, 0.6) is 0 Å². The average molecular weight is 212 g/mol. The second kappa shape index (κ2) is 6.49. The Labute approximate surface area is 95.2 Å². The SMILES string of the molecule is CCC1CCC(CN)C(N(CC)CC)C1. The Hall–Kier alpha value is -0.0800. The van der Waals surface area contributed by atoms with Gasteiger partial charge in [0.25, 0.3) is 0 Å². The van der Waals surface area contributed by atoms with E-state index in [-0.39, 0.29) is 0 Å². The highest BCUT2D eigenvalue weighted by Crippen LogP contribution is 2.33. The van der Waals surface area contributed by atoms with Crippen LogP contribution in [0, 0.1) is 11.8 Å². The van der Waals surface area contributed by atoms with Gasteiger partial charge in [0.1, 0.15) is 0 Å². The minimum atomic E-state index is 0.743. The average Bonchev–Trinajstić information content (AvgIpc) is 2.30. The van der Waals surface area contributed by atoms with Gasteiger partial charge in [-0.05, 0) is 44.3 Å². The van der Waals surface area contributed by atoms with E-state index in [4.69, 9.17) is 5.73 Å². The molecule has 0 amide bonds. The predicted octanol–water partition coefficient (Wildman–Crippen LogP) is 2.48. The maximum Gasteiger partial charge on any atom is 0.0138 e. The zero-order valence-electron chi connectivity index (χ0n) is 10.7. The molecule has 0 spiro atoms. The summed E-state index contributed by atoms with van der Waals surface area (Å²) < 4.78 is 0. The van der Waals surface area contributed by atoms with E-state index >= 15 is 0 Å². The summed E-state index contributed by atoms with van der Waals surface area (Å²) in [6, 6.07) is 0.753. The minimum Gasteiger partial charge on any atom is -0.330 e. The maximum atomic E-state index is 5.90. The van der Waals surface area contributed by atoms with Crippen molar-refractivity contribution in [3.63, 3.8) is 0 Å². The highest BCUT2D eigenvalue weighted by molar-refractivity contribution is 4.86. The van der Waals surface area contributed by atoms with Gasteiger partial charge in [-0.15, -0.1) is 0 Å². The van der Waals surface area contributed by atoms with E-state index < -0.39 is 0 Å². The van der Waals surface area contributed by atoms with Crippen molar-refractivity contribution in [2.75, 3.05) is 19.6 Å². The molecule has 0 bridgehead atoms. The molecule has 2 N–H and O–H groups in total. The number of nitrogens with two attached hydrogens (primary N) is 1. The van der Waals surface area contributed by atoms with Crippen LogP contribution >= 0.6 is 0 Å². The van der Waals surface area contributed by atoms with Gasteiger partial charge < -0.3 is 10.6 Å². The predicted molar refractivity (Wildman–Crippen MR) is 66.9 cm³/mol. The van der Waals surface area contributed by atoms with Crippen molar-refractivity contribution in [1.82, 2.24) is 4.90 Å². The van der Waals surface area contributed by atoms with Crippen LogP contribution in [0.4, 0.5) is 0 Å². The molecule has 2 nitrogen and oxygen atoms in total. The standard InChI is InChI=1S/C13H28N2/c1-4-11-7-8-12(10-14)13(9-11)15(5-2)6-3/h11-13H,4-10,14H2,1-3H3. The first-order valence-corrected chi connectivity index (χ1v) is 6.70. The molecule has 0 aliphatic heterocycles. The van der Waals surface area contributed by atoms with E-state index in [0.717, 1.165) is 24.4 Å². The largest absolute Gasteiger partial charge is 0.330 e. The number of hydrogen-bond donors (Lipinski definition) is 1. The summed E-state index contributed by atoms with van der Waals surface area (Å²) in [4.78, 5) is 2.61. The molecule has 0 aromatic carbocycles. The third-order valence-corrected chi connectivity index (χ3v) is 4.23. The molecule has 15 heavy (non-hydrogen) atoms. The molecule has 90 valence electrons. The van der Waals surface area contributed by atoms with Gasteiger partial charge in [0.15, 0.2) is 0 Å². The highest BCUT2D eigenvalue weighted by Gasteiger charge is 2.31. The molecule has 2 heteroatoms. The Balaban J connectivity index is 2.61. The summed E-state index contributed by atoms with van der Waals surface area (Å²) in [6.07, 6.45) is 5.46. The van der Waals surface area contributed by atoms with Crippen LogP contribution in [0.3, 0.4) is 0 Å². The second-order valence-corrected chi connectivity index (χ2v) is 4.87. The Bertz CT molecular complexity index is 158. The van der Waals surface area contributed by atoms with Gasteiger partial charge >= 0.3 is 0 Å². The van der Waals surface area contributed by atoms with E-state index in [1.54, 1.807) is 0 Å². The fourth-order valence-electron chi connectivity index (χ4n) is 3.08. The molecule has 0 aromatic heterocycles. The lowest BCUT2D eigenvalue weighted by molar-refractivity contribution is 0.0892. The second-order valence-electron chi connectivity index (χ2n) is 4.87. The molecule has 1 fully saturated rings. The zero-order valence-corrected chi connectivity index (χ0v) is 10.7. The quantitative estimate of drug-likeness (QED) is 0.758. The Morgan fingerprint density at radius 3 is 2.27 bits per heavy atom. The summed E-state index contributed by atoms with van der Waals surface area (Å²) in [5, 5.41) is 0. The van der Waals surface area contributed by atoms with Gasteiger partial charge in [-0.3, -0.25) is 0 Å². The molecule has 0 radical (unpaired) electrons. The summed E-state index contributed by atoms with van der Waals surface area (Å²) in [5.74, 6) is 1.69. The topological polar surface area (TPSA) is 29.3 Å². The van der Waals surface area contributed by atoms with Gasteiger partial charge in [-0.25, -0.2) is 0 Å². The highest BCUT2D eigenvalue weighted by atomic mass is 15.2. The summed E-state index contributed by atoms with van der Waals surface area (Å²) in [6.45, 7) is 10.1. The van der Waals surface area contributed by atoms with E-state index in [1.807, 2.05) is 0 Å². The number of rotatable bonds is 5. The van der Waals surface area contributed by atoms with Crippen molar-refractivity contribution in [3.8, 4) is 0 Å². The first-order valence-electron chi connectivity index (χ1n) is 6.70. The summed E-state index contributed by atoms with van der Waals surface area (Å²) in [5.41, 5.74) is 5.90. The molecule has 0 saturated heterocycles. The van der Waals surface area contributed by atoms with Crippen LogP contribution in [0.25, 0.3) is 0 Å². The maximum absolute atomic E-state index is 5.90. The van der Waals surface area contributed by atoms with Crippen molar-refractivity contribution in [2.45, 2.75) is 52.5 Å². The smallest absolute Gasteiger partial charge is 0.0138 e. The van der Waals surface area contributed by atoms with Gasteiger partial charge in [-0.2, -0.15) is 0 Å². The normalized spacial score (nSPS) is 32.2. The molecular formula is C13H28N2. The van der Waals surface area contributed by atoms with Crippen LogP contribution in [0.15, 0.2) is 0 Å². The van der Waals surface area contributed by atoms with Crippen LogP contribution in [-0.2, 0) is 0 Å². The molecule has 0 aromatic rings. The molecule has 1 aliphatic carbocycles. The zero-order chi connectivity index (χ0) is 11.3. The monoisotopic (exact) mass is 212 g/mol. The molecule has 0 heterocycles. The summed E-state index contributed by atoms with van der Waals surface area (Å²) >= 11 is 0. The molecule has 1 saturated carbocycles. The number of hydrogen-bond acceptors (Lipinski definition) is 2. The summed E-state index contributed by atoms with van der Waals surface area (Å²) in [7, 11) is 0. The van der Waals surface area contributed by atoms with Crippen LogP contribution < -0.4 is 5.73 Å². The molecule has 1 rings (SSSR count). The fraction of sp³-hybridized carbons (Fsp3) is 1.00. The van der Waals surface area contributed by atoms with Gasteiger partial charge in [0.2, 0.25) is 0 Å². The van der Waals surface area contributed by atoms with Crippen molar-refractivity contribution >= 4 is 0 Å². The molecule has 3 atom stereocenters. The molecular weight excluding hydrogens is 184 g/mol. The fourth-order valence-corrected chi connectivity index (χ4v) is 3.08. The van der Waals surface area contributed by atoms with E-state index in [2.05, 4.69) is 25.7 Å². The lowest BCUT2D eigenvalue weighted by atomic mass is 9.76. The molecule has 1 aliphatic rings. The van der Waals surface area contributed by atoms with Crippen LogP contribution in [-0.4, -0.2) is 30.6 Å². The lowest BCUT2D eigenvalue weighted by Crippen LogP contribution is -2.46. The van der Waals surface area contributed by atoms with Crippen LogP contribution in [0.1, 0.15) is 46.5 Å². The van der Waals surface area contributed by atoms with Crippen molar-refractivity contribution < 1.29 is 0 Å². The Kier molecular flexibility index (Phi) is 5.62. The van der Waals surface area contributed by atoms with E-state index in [0.29, 0.717) is 0 Å². The third kappa shape index (κ3) is 3.18.